The highest BCUT2D eigenvalue weighted by Gasteiger charge is 2.33. The molecule has 1 heterocycles. The summed E-state index contributed by atoms with van der Waals surface area (Å²) in [7, 11) is 0. The summed E-state index contributed by atoms with van der Waals surface area (Å²) in [5.74, 6) is -0.224. The minimum atomic E-state index is -0.693. The zero-order chi connectivity index (χ0) is 19.6. The molecule has 1 aromatic carbocycles. The van der Waals surface area contributed by atoms with Gasteiger partial charge in [-0.15, -0.1) is 0 Å². The number of nitrogens with one attached hydrogen (secondary N) is 1. The molecule has 0 spiro atoms. The molecule has 1 atom stereocenters. The summed E-state index contributed by atoms with van der Waals surface area (Å²) < 4.78 is 0. The van der Waals surface area contributed by atoms with Crippen LogP contribution in [0.4, 0.5) is 0 Å². The Bertz CT molecular complexity index is 744. The van der Waals surface area contributed by atoms with Crippen LogP contribution in [0, 0.1) is 5.92 Å². The van der Waals surface area contributed by atoms with Crippen LogP contribution in [0.1, 0.15) is 36.5 Å². The van der Waals surface area contributed by atoms with E-state index in [1.54, 1.807) is 30.0 Å². The fourth-order valence-electron chi connectivity index (χ4n) is 3.35. The first-order valence-electron chi connectivity index (χ1n) is 9.21. The largest absolute Gasteiger partial charge is 0.340 e. The average Bonchev–Trinajstić information content (AvgIpc) is 2.61. The Labute approximate surface area is 168 Å². The van der Waals surface area contributed by atoms with Crippen LogP contribution in [0.15, 0.2) is 18.2 Å². The van der Waals surface area contributed by atoms with E-state index >= 15 is 0 Å². The van der Waals surface area contributed by atoms with Crippen molar-refractivity contribution < 1.29 is 14.4 Å². The summed E-state index contributed by atoms with van der Waals surface area (Å²) in [6.45, 7) is 3.69. The maximum atomic E-state index is 12.6. The molecule has 2 aliphatic rings. The highest BCUT2D eigenvalue weighted by atomic mass is 35.5. The molecule has 3 amide bonds. The number of carbonyl (C=O) groups excluding carboxylic acids is 3. The van der Waals surface area contributed by atoms with Crippen molar-refractivity contribution in [3.8, 4) is 0 Å². The number of hydrogen-bond donors (Lipinski definition) is 1. The summed E-state index contributed by atoms with van der Waals surface area (Å²) >= 11 is 12.0. The molecular formula is C19H23Cl2N3O3. The van der Waals surface area contributed by atoms with E-state index in [0.29, 0.717) is 26.2 Å². The van der Waals surface area contributed by atoms with Gasteiger partial charge in [0, 0.05) is 32.1 Å². The van der Waals surface area contributed by atoms with E-state index in [0.717, 1.165) is 19.3 Å². The second-order valence-corrected chi connectivity index (χ2v) is 7.86. The lowest BCUT2D eigenvalue weighted by molar-refractivity contribution is -0.144. The lowest BCUT2D eigenvalue weighted by atomic mass is 9.84. The topological polar surface area (TPSA) is 69.7 Å². The number of piperazine rings is 1. The molecule has 1 saturated carbocycles. The Kier molecular flexibility index (Phi) is 6.27. The minimum absolute atomic E-state index is 0.166. The molecule has 2 fully saturated rings. The average molecular weight is 412 g/mol. The Balaban J connectivity index is 1.52. The monoisotopic (exact) mass is 411 g/mol. The van der Waals surface area contributed by atoms with Crippen LogP contribution >= 0.6 is 23.2 Å². The van der Waals surface area contributed by atoms with Crippen LogP contribution in [-0.4, -0.2) is 59.7 Å². The standard InChI is InChI=1S/C19H23Cl2N3O3/c1-12(22-17(25)14-6-3-7-15(20)16(14)21)18(26)23-8-10-24(11-9-23)19(27)13-4-2-5-13/h3,6-7,12-13H,2,4-5,8-11H2,1H3,(H,22,25). The van der Waals surface area contributed by atoms with Gasteiger partial charge in [-0.3, -0.25) is 14.4 Å². The maximum Gasteiger partial charge on any atom is 0.253 e. The molecule has 1 N–H and O–H groups in total. The lowest BCUT2D eigenvalue weighted by Gasteiger charge is -2.39. The van der Waals surface area contributed by atoms with Gasteiger partial charge in [0.25, 0.3) is 5.91 Å². The summed E-state index contributed by atoms with van der Waals surface area (Å²) in [4.78, 5) is 40.9. The summed E-state index contributed by atoms with van der Waals surface area (Å²) in [6.07, 6.45) is 3.09. The molecule has 3 rings (SSSR count). The second kappa shape index (κ2) is 8.48. The Morgan fingerprint density at radius 2 is 1.70 bits per heavy atom. The Hall–Kier alpha value is -1.79. The summed E-state index contributed by atoms with van der Waals surface area (Å²) in [5, 5.41) is 3.13. The number of amides is 3. The van der Waals surface area contributed by atoms with Crippen molar-refractivity contribution in [3.05, 3.63) is 33.8 Å². The molecule has 1 saturated heterocycles. The number of benzene rings is 1. The molecule has 6 nitrogen and oxygen atoms in total. The number of rotatable bonds is 4. The highest BCUT2D eigenvalue weighted by Crippen LogP contribution is 2.28. The third kappa shape index (κ3) is 4.38. The van der Waals surface area contributed by atoms with E-state index in [-0.39, 0.29) is 33.3 Å². The predicted octanol–water partition coefficient (Wildman–Crippen LogP) is 2.58. The number of halogens is 2. The van der Waals surface area contributed by atoms with Crippen LogP contribution in [0.25, 0.3) is 0 Å². The third-order valence-electron chi connectivity index (χ3n) is 5.27. The first-order chi connectivity index (χ1) is 12.9. The number of carbonyl (C=O) groups is 3. The van der Waals surface area contributed by atoms with Crippen molar-refractivity contribution in [2.24, 2.45) is 5.92 Å². The SMILES string of the molecule is CC(NC(=O)c1cccc(Cl)c1Cl)C(=O)N1CCN(C(=O)C2CCC2)CC1. The Morgan fingerprint density at radius 1 is 1.07 bits per heavy atom. The van der Waals surface area contributed by atoms with E-state index in [9.17, 15) is 14.4 Å². The maximum absolute atomic E-state index is 12.6. The smallest absolute Gasteiger partial charge is 0.253 e. The fraction of sp³-hybridized carbons (Fsp3) is 0.526. The van der Waals surface area contributed by atoms with Gasteiger partial charge in [-0.25, -0.2) is 0 Å². The van der Waals surface area contributed by atoms with Crippen molar-refractivity contribution in [1.29, 1.82) is 0 Å². The van der Waals surface area contributed by atoms with Crippen LogP contribution in [0.5, 0.6) is 0 Å². The molecule has 8 heteroatoms. The van der Waals surface area contributed by atoms with E-state index in [1.165, 1.54) is 0 Å². The van der Waals surface area contributed by atoms with E-state index in [2.05, 4.69) is 5.32 Å². The molecular weight excluding hydrogens is 389 g/mol. The quantitative estimate of drug-likeness (QED) is 0.827. The van der Waals surface area contributed by atoms with Crippen molar-refractivity contribution in [2.45, 2.75) is 32.2 Å². The van der Waals surface area contributed by atoms with Gasteiger partial charge in [0.2, 0.25) is 11.8 Å². The first kappa shape index (κ1) is 20.0. The van der Waals surface area contributed by atoms with Crippen LogP contribution in [0.3, 0.4) is 0 Å². The van der Waals surface area contributed by atoms with Crippen LogP contribution in [-0.2, 0) is 9.59 Å². The molecule has 0 radical (unpaired) electrons. The molecule has 0 bridgehead atoms. The van der Waals surface area contributed by atoms with Gasteiger partial charge in [-0.05, 0) is 31.9 Å². The van der Waals surface area contributed by atoms with Gasteiger partial charge in [0.1, 0.15) is 6.04 Å². The molecule has 1 aliphatic heterocycles. The van der Waals surface area contributed by atoms with Crippen molar-refractivity contribution in [2.75, 3.05) is 26.2 Å². The highest BCUT2D eigenvalue weighted by molar-refractivity contribution is 6.43. The van der Waals surface area contributed by atoms with Crippen molar-refractivity contribution in [3.63, 3.8) is 0 Å². The predicted molar refractivity (Wildman–Crippen MR) is 104 cm³/mol. The lowest BCUT2D eigenvalue weighted by Crippen LogP contribution is -2.56. The molecule has 0 aromatic heterocycles. The van der Waals surface area contributed by atoms with Gasteiger partial charge in [-0.1, -0.05) is 35.7 Å². The van der Waals surface area contributed by atoms with E-state index in [1.807, 2.05) is 4.90 Å². The fourth-order valence-corrected chi connectivity index (χ4v) is 3.74. The van der Waals surface area contributed by atoms with Gasteiger partial charge >= 0.3 is 0 Å². The molecule has 146 valence electrons. The van der Waals surface area contributed by atoms with E-state index < -0.39 is 11.9 Å². The second-order valence-electron chi connectivity index (χ2n) is 7.07. The minimum Gasteiger partial charge on any atom is -0.340 e. The summed E-state index contributed by atoms with van der Waals surface area (Å²) in [6, 6.07) is 4.10. The molecule has 1 aliphatic carbocycles. The van der Waals surface area contributed by atoms with Crippen LogP contribution < -0.4 is 5.32 Å². The van der Waals surface area contributed by atoms with Gasteiger partial charge in [0.15, 0.2) is 0 Å². The van der Waals surface area contributed by atoms with Gasteiger partial charge in [0.05, 0.1) is 15.6 Å². The summed E-state index contributed by atoms with van der Waals surface area (Å²) in [5.41, 5.74) is 0.236. The first-order valence-corrected chi connectivity index (χ1v) is 9.96. The third-order valence-corrected chi connectivity index (χ3v) is 6.09. The number of nitrogens with zero attached hydrogens (tertiary/aromatic N) is 2. The molecule has 1 unspecified atom stereocenters. The van der Waals surface area contributed by atoms with Gasteiger partial charge in [-0.2, -0.15) is 0 Å². The molecule has 1 aromatic rings. The van der Waals surface area contributed by atoms with Crippen molar-refractivity contribution >= 4 is 40.9 Å². The van der Waals surface area contributed by atoms with Crippen molar-refractivity contribution in [1.82, 2.24) is 15.1 Å². The van der Waals surface area contributed by atoms with Gasteiger partial charge < -0.3 is 15.1 Å². The number of hydrogen-bond acceptors (Lipinski definition) is 3. The zero-order valence-electron chi connectivity index (χ0n) is 15.2. The zero-order valence-corrected chi connectivity index (χ0v) is 16.7. The Morgan fingerprint density at radius 3 is 2.30 bits per heavy atom. The molecule has 27 heavy (non-hydrogen) atoms. The normalized spacial score (nSPS) is 18.6. The van der Waals surface area contributed by atoms with Crippen LogP contribution in [0.2, 0.25) is 10.0 Å². The van der Waals surface area contributed by atoms with E-state index in [4.69, 9.17) is 23.2 Å².